The van der Waals surface area contributed by atoms with Gasteiger partial charge in [0.1, 0.15) is 11.4 Å². The van der Waals surface area contributed by atoms with E-state index in [1.54, 1.807) is 31.3 Å². The molecule has 0 atom stereocenters. The molecule has 0 saturated heterocycles. The van der Waals surface area contributed by atoms with Crippen molar-refractivity contribution in [2.24, 2.45) is 0 Å². The molecule has 136 valence electrons. The minimum atomic E-state index is -4.55. The van der Waals surface area contributed by atoms with Crippen molar-refractivity contribution in [2.75, 3.05) is 11.9 Å². The second-order valence-corrected chi connectivity index (χ2v) is 5.63. The number of benzene rings is 1. The molecule has 0 bridgehead atoms. The first-order valence-corrected chi connectivity index (χ1v) is 7.97. The Morgan fingerprint density at radius 1 is 1.31 bits per heavy atom. The van der Waals surface area contributed by atoms with Crippen molar-refractivity contribution < 1.29 is 22.7 Å². The average molecular weight is 384 g/mol. The zero-order valence-corrected chi connectivity index (χ0v) is 14.2. The summed E-state index contributed by atoms with van der Waals surface area (Å²) in [5.74, 6) is -0.576. The topological polar surface area (TPSA) is 55.6 Å². The number of fused-ring (bicyclic) bond motifs is 1. The summed E-state index contributed by atoms with van der Waals surface area (Å²) in [5, 5.41) is 2.38. The maximum atomic E-state index is 13.0. The van der Waals surface area contributed by atoms with E-state index in [0.717, 1.165) is 18.2 Å². The summed E-state index contributed by atoms with van der Waals surface area (Å²) in [6.45, 7) is 1.91. The molecule has 0 aliphatic heterocycles. The molecule has 3 rings (SSSR count). The smallest absolute Gasteiger partial charge is 0.416 e. The second kappa shape index (κ2) is 6.87. The lowest BCUT2D eigenvalue weighted by Gasteiger charge is -2.14. The number of carbonyl (C=O) groups is 1. The van der Waals surface area contributed by atoms with Crippen molar-refractivity contribution in [1.29, 1.82) is 0 Å². The van der Waals surface area contributed by atoms with E-state index in [2.05, 4.69) is 10.3 Å². The van der Waals surface area contributed by atoms with Gasteiger partial charge in [-0.2, -0.15) is 13.2 Å². The number of aromatic nitrogens is 2. The highest BCUT2D eigenvalue weighted by Crippen LogP contribution is 2.35. The third-order valence-electron chi connectivity index (χ3n) is 3.56. The number of amides is 1. The van der Waals surface area contributed by atoms with Crippen molar-refractivity contribution in [3.63, 3.8) is 0 Å². The zero-order valence-electron chi connectivity index (χ0n) is 13.5. The monoisotopic (exact) mass is 383 g/mol. The summed E-state index contributed by atoms with van der Waals surface area (Å²) >= 11 is 6.03. The first-order chi connectivity index (χ1) is 12.3. The molecular formula is C17H13ClF3N3O2. The van der Waals surface area contributed by atoms with Crippen LogP contribution in [0, 0.1) is 0 Å². The van der Waals surface area contributed by atoms with Gasteiger partial charge in [-0.1, -0.05) is 17.7 Å². The molecule has 2 aromatic heterocycles. The van der Waals surface area contributed by atoms with E-state index in [1.165, 1.54) is 4.40 Å². The van der Waals surface area contributed by atoms with Crippen LogP contribution in [0.15, 0.2) is 42.6 Å². The van der Waals surface area contributed by atoms with Gasteiger partial charge in [-0.25, -0.2) is 4.98 Å². The van der Waals surface area contributed by atoms with Crippen LogP contribution >= 0.6 is 11.6 Å². The number of nitrogens with one attached hydrogen (secondary N) is 1. The van der Waals surface area contributed by atoms with Crippen LogP contribution in [0.1, 0.15) is 23.0 Å². The Morgan fingerprint density at radius 3 is 2.77 bits per heavy atom. The number of rotatable bonds is 4. The van der Waals surface area contributed by atoms with E-state index in [1.807, 2.05) is 0 Å². The van der Waals surface area contributed by atoms with E-state index < -0.39 is 17.6 Å². The molecule has 1 amide bonds. The van der Waals surface area contributed by atoms with Gasteiger partial charge >= 0.3 is 6.18 Å². The number of halogens is 4. The lowest BCUT2D eigenvalue weighted by molar-refractivity contribution is -0.137. The standard InChI is InChI=1S/C17H13ClF3N3O2/c1-2-26-12-7-6-10(17(19,20)21)9-11(12)22-16(25)14-15(18)23-13-5-3-4-8-24(13)14/h3-9H,2H2,1H3,(H,22,25). The van der Waals surface area contributed by atoms with Gasteiger partial charge in [0.2, 0.25) is 0 Å². The van der Waals surface area contributed by atoms with Crippen LogP contribution in [-0.4, -0.2) is 21.9 Å². The Labute approximate surface area is 151 Å². The molecule has 26 heavy (non-hydrogen) atoms. The molecule has 0 fully saturated rings. The van der Waals surface area contributed by atoms with E-state index in [-0.39, 0.29) is 28.9 Å². The molecule has 0 unspecified atom stereocenters. The number of alkyl halides is 3. The maximum absolute atomic E-state index is 13.0. The van der Waals surface area contributed by atoms with Gasteiger partial charge in [-0.3, -0.25) is 9.20 Å². The summed E-state index contributed by atoms with van der Waals surface area (Å²) in [5.41, 5.74) is -0.548. The van der Waals surface area contributed by atoms with Crippen LogP contribution in [0.25, 0.3) is 5.65 Å². The highest BCUT2D eigenvalue weighted by Gasteiger charge is 2.31. The third-order valence-corrected chi connectivity index (χ3v) is 3.82. The fourth-order valence-electron chi connectivity index (χ4n) is 2.44. The second-order valence-electron chi connectivity index (χ2n) is 5.28. The van der Waals surface area contributed by atoms with Crippen LogP contribution in [-0.2, 0) is 6.18 Å². The number of carbonyl (C=O) groups excluding carboxylic acids is 1. The van der Waals surface area contributed by atoms with E-state index >= 15 is 0 Å². The molecule has 1 aromatic carbocycles. The highest BCUT2D eigenvalue weighted by atomic mass is 35.5. The highest BCUT2D eigenvalue weighted by molar-refractivity contribution is 6.33. The van der Waals surface area contributed by atoms with Gasteiger partial charge < -0.3 is 10.1 Å². The minimum absolute atomic E-state index is 0.0159. The Hall–Kier alpha value is -2.74. The van der Waals surface area contributed by atoms with Gasteiger partial charge in [-0.05, 0) is 37.3 Å². The Kier molecular flexibility index (Phi) is 4.78. The normalized spacial score (nSPS) is 11.6. The number of hydrogen-bond acceptors (Lipinski definition) is 3. The van der Waals surface area contributed by atoms with Crippen LogP contribution in [0.2, 0.25) is 5.15 Å². The number of hydrogen-bond donors (Lipinski definition) is 1. The Morgan fingerprint density at radius 2 is 2.08 bits per heavy atom. The van der Waals surface area contributed by atoms with E-state index in [0.29, 0.717) is 5.65 Å². The molecule has 0 aliphatic rings. The molecule has 0 radical (unpaired) electrons. The van der Waals surface area contributed by atoms with Crippen molar-refractivity contribution in [3.05, 3.63) is 59.0 Å². The lowest BCUT2D eigenvalue weighted by Crippen LogP contribution is -2.16. The molecule has 5 nitrogen and oxygen atoms in total. The van der Waals surface area contributed by atoms with Crippen LogP contribution < -0.4 is 10.1 Å². The first kappa shape index (κ1) is 18.1. The van der Waals surface area contributed by atoms with Gasteiger partial charge in [0, 0.05) is 6.20 Å². The SMILES string of the molecule is CCOc1ccc(C(F)(F)F)cc1NC(=O)c1c(Cl)nc2ccccn12. The van der Waals surface area contributed by atoms with Crippen molar-refractivity contribution in [1.82, 2.24) is 9.38 Å². The van der Waals surface area contributed by atoms with Crippen molar-refractivity contribution in [2.45, 2.75) is 13.1 Å². The number of anilines is 1. The van der Waals surface area contributed by atoms with E-state index in [9.17, 15) is 18.0 Å². The number of pyridine rings is 1. The fraction of sp³-hybridized carbons (Fsp3) is 0.176. The summed E-state index contributed by atoms with van der Waals surface area (Å²) < 4.78 is 45.7. The number of nitrogens with zero attached hydrogens (tertiary/aromatic N) is 2. The zero-order chi connectivity index (χ0) is 18.9. The molecule has 1 N–H and O–H groups in total. The summed E-state index contributed by atoms with van der Waals surface area (Å²) in [6, 6.07) is 7.93. The minimum Gasteiger partial charge on any atom is -0.492 e. The Balaban J connectivity index is 2.01. The largest absolute Gasteiger partial charge is 0.492 e. The molecule has 9 heteroatoms. The van der Waals surface area contributed by atoms with Gasteiger partial charge in [0.25, 0.3) is 5.91 Å². The predicted octanol–water partition coefficient (Wildman–Crippen LogP) is 4.66. The summed E-state index contributed by atoms with van der Waals surface area (Å²) in [6.07, 6.45) is -2.97. The number of ether oxygens (including phenoxy) is 1. The number of imidazole rings is 1. The van der Waals surface area contributed by atoms with Crippen LogP contribution in [0.5, 0.6) is 5.75 Å². The summed E-state index contributed by atoms with van der Waals surface area (Å²) in [7, 11) is 0. The quantitative estimate of drug-likeness (QED) is 0.713. The van der Waals surface area contributed by atoms with E-state index in [4.69, 9.17) is 16.3 Å². The lowest BCUT2D eigenvalue weighted by atomic mass is 10.1. The van der Waals surface area contributed by atoms with Gasteiger partial charge in [-0.15, -0.1) is 0 Å². The van der Waals surface area contributed by atoms with Crippen molar-refractivity contribution >= 4 is 28.8 Å². The molecule has 2 heterocycles. The van der Waals surface area contributed by atoms with Crippen molar-refractivity contribution in [3.8, 4) is 5.75 Å². The first-order valence-electron chi connectivity index (χ1n) is 7.59. The van der Waals surface area contributed by atoms with Gasteiger partial charge in [0.05, 0.1) is 17.9 Å². The molecule has 3 aromatic rings. The van der Waals surface area contributed by atoms with Crippen LogP contribution in [0.3, 0.4) is 0 Å². The Bertz CT molecular complexity index is 970. The third kappa shape index (κ3) is 3.45. The molecule has 0 spiro atoms. The molecular weight excluding hydrogens is 371 g/mol. The average Bonchev–Trinajstić information content (AvgIpc) is 2.91. The molecule has 0 saturated carbocycles. The fourth-order valence-corrected chi connectivity index (χ4v) is 2.70. The van der Waals surface area contributed by atoms with Gasteiger partial charge in [0.15, 0.2) is 10.8 Å². The maximum Gasteiger partial charge on any atom is 0.416 e. The summed E-state index contributed by atoms with van der Waals surface area (Å²) in [4.78, 5) is 16.7. The van der Waals surface area contributed by atoms with Crippen LogP contribution in [0.4, 0.5) is 18.9 Å². The molecule has 0 aliphatic carbocycles. The predicted molar refractivity (Wildman–Crippen MR) is 90.8 cm³/mol.